The van der Waals surface area contributed by atoms with Gasteiger partial charge in [-0.05, 0) is 50.2 Å². The van der Waals surface area contributed by atoms with Gasteiger partial charge in [0.25, 0.3) is 15.7 Å². The smallest absolute Gasteiger partial charge is 0.293 e. The predicted octanol–water partition coefficient (Wildman–Crippen LogP) is 3.32. The van der Waals surface area contributed by atoms with Crippen LogP contribution in [0, 0.1) is 10.1 Å². The van der Waals surface area contributed by atoms with Crippen LogP contribution in [-0.2, 0) is 10.0 Å². The Kier molecular flexibility index (Phi) is 6.71. The fraction of sp³-hybridized carbons (Fsp3) is 0.400. The molecule has 1 heterocycles. The van der Waals surface area contributed by atoms with Gasteiger partial charge in [-0.1, -0.05) is 25.1 Å². The van der Waals surface area contributed by atoms with Crippen molar-refractivity contribution in [2.75, 3.05) is 42.3 Å². The summed E-state index contributed by atoms with van der Waals surface area (Å²) < 4.78 is 27.8. The first kappa shape index (κ1) is 21.1. The Bertz CT molecular complexity index is 950. The van der Waals surface area contributed by atoms with Crippen molar-refractivity contribution in [2.24, 2.45) is 0 Å². The van der Waals surface area contributed by atoms with E-state index < -0.39 is 14.9 Å². The number of nitrogens with one attached hydrogen (secondary N) is 1. The van der Waals surface area contributed by atoms with Crippen LogP contribution in [0.15, 0.2) is 53.4 Å². The van der Waals surface area contributed by atoms with Crippen molar-refractivity contribution in [3.8, 4) is 0 Å². The summed E-state index contributed by atoms with van der Waals surface area (Å²) in [6.45, 7) is 6.32. The third kappa shape index (κ3) is 5.24. The highest BCUT2D eigenvalue weighted by Crippen LogP contribution is 2.32. The first-order valence-electron chi connectivity index (χ1n) is 9.74. The summed E-state index contributed by atoms with van der Waals surface area (Å²) in [5.74, 6) is 0. The average molecular weight is 419 g/mol. The number of nitro benzene ring substituents is 1. The minimum absolute atomic E-state index is 0.126. The second-order valence-electron chi connectivity index (χ2n) is 7.06. The van der Waals surface area contributed by atoms with Gasteiger partial charge in [0.05, 0.1) is 9.82 Å². The molecule has 1 aliphatic heterocycles. The zero-order valence-electron chi connectivity index (χ0n) is 16.5. The Balaban J connectivity index is 1.86. The normalized spacial score (nSPS) is 15.7. The fourth-order valence-corrected chi connectivity index (χ4v) is 4.63. The van der Waals surface area contributed by atoms with Crippen LogP contribution in [0.25, 0.3) is 0 Å². The van der Waals surface area contributed by atoms with Crippen LogP contribution in [0.4, 0.5) is 17.1 Å². The third-order valence-corrected chi connectivity index (χ3v) is 6.33. The van der Waals surface area contributed by atoms with Crippen molar-refractivity contribution >= 4 is 27.1 Å². The molecule has 2 aromatic carbocycles. The number of nitrogens with zero attached hydrogens (tertiary/aromatic N) is 3. The molecule has 1 aliphatic rings. The van der Waals surface area contributed by atoms with Crippen molar-refractivity contribution in [3.63, 3.8) is 0 Å². The van der Waals surface area contributed by atoms with Crippen LogP contribution in [0.2, 0.25) is 0 Å². The van der Waals surface area contributed by atoms with Gasteiger partial charge in [-0.2, -0.15) is 0 Å². The molecular formula is C20H26N4O4S. The second-order valence-corrected chi connectivity index (χ2v) is 8.74. The lowest BCUT2D eigenvalue weighted by atomic mass is 10.2. The number of nitro groups is 1. The van der Waals surface area contributed by atoms with Gasteiger partial charge in [0.1, 0.15) is 5.69 Å². The molecule has 8 nitrogen and oxygen atoms in total. The molecule has 0 bridgehead atoms. The van der Waals surface area contributed by atoms with E-state index >= 15 is 0 Å². The second kappa shape index (κ2) is 9.23. The molecule has 1 N–H and O–H groups in total. The summed E-state index contributed by atoms with van der Waals surface area (Å²) in [7, 11) is -3.92. The standard InChI is InChI=1S/C20H26N4O4S/c1-2-11-22-12-6-13-23(15-14-22)19-10-9-18(16-20(19)24(25)26)29(27,28)21-17-7-4-3-5-8-17/h3-5,7-10,16,21H,2,6,11-15H2,1H3. The van der Waals surface area contributed by atoms with E-state index in [4.69, 9.17) is 0 Å². The summed E-state index contributed by atoms with van der Waals surface area (Å²) in [5, 5.41) is 11.7. The maximum Gasteiger partial charge on any atom is 0.293 e. The van der Waals surface area contributed by atoms with Gasteiger partial charge in [-0.3, -0.25) is 14.8 Å². The number of rotatable bonds is 7. The lowest BCUT2D eigenvalue weighted by Gasteiger charge is -2.23. The molecule has 156 valence electrons. The first-order chi connectivity index (χ1) is 13.9. The zero-order chi connectivity index (χ0) is 20.9. The molecule has 29 heavy (non-hydrogen) atoms. The average Bonchev–Trinajstić information content (AvgIpc) is 2.94. The Morgan fingerprint density at radius 1 is 1.07 bits per heavy atom. The Hall–Kier alpha value is -2.65. The van der Waals surface area contributed by atoms with Gasteiger partial charge in [-0.15, -0.1) is 0 Å². The molecule has 2 aromatic rings. The molecule has 0 aliphatic carbocycles. The molecular weight excluding hydrogens is 392 g/mol. The van der Waals surface area contributed by atoms with E-state index in [1.807, 2.05) is 4.90 Å². The first-order valence-corrected chi connectivity index (χ1v) is 11.2. The van der Waals surface area contributed by atoms with Crippen molar-refractivity contribution < 1.29 is 13.3 Å². The van der Waals surface area contributed by atoms with Gasteiger partial charge < -0.3 is 9.80 Å². The van der Waals surface area contributed by atoms with Crippen molar-refractivity contribution in [3.05, 3.63) is 58.6 Å². The maximum atomic E-state index is 12.7. The third-order valence-electron chi connectivity index (χ3n) is 4.95. The molecule has 0 amide bonds. The van der Waals surface area contributed by atoms with Gasteiger partial charge in [0.15, 0.2) is 0 Å². The van der Waals surface area contributed by atoms with E-state index in [9.17, 15) is 18.5 Å². The van der Waals surface area contributed by atoms with E-state index in [2.05, 4.69) is 16.5 Å². The van der Waals surface area contributed by atoms with Crippen LogP contribution in [0.1, 0.15) is 19.8 Å². The highest BCUT2D eigenvalue weighted by atomic mass is 32.2. The van der Waals surface area contributed by atoms with Crippen LogP contribution in [0.5, 0.6) is 0 Å². The van der Waals surface area contributed by atoms with E-state index in [-0.39, 0.29) is 10.6 Å². The molecule has 0 aromatic heterocycles. The monoisotopic (exact) mass is 418 g/mol. The molecule has 0 spiro atoms. The SMILES string of the molecule is CCCN1CCCN(c2ccc(S(=O)(=O)Nc3ccccc3)cc2[N+](=O)[O-])CC1. The molecule has 0 radical (unpaired) electrons. The number of anilines is 2. The summed E-state index contributed by atoms with van der Waals surface area (Å²) in [6, 6.07) is 12.6. The van der Waals surface area contributed by atoms with Crippen molar-refractivity contribution in [1.82, 2.24) is 4.90 Å². The van der Waals surface area contributed by atoms with Gasteiger partial charge in [-0.25, -0.2) is 8.42 Å². The lowest BCUT2D eigenvalue weighted by Crippen LogP contribution is -2.31. The highest BCUT2D eigenvalue weighted by molar-refractivity contribution is 7.92. The molecule has 3 rings (SSSR count). The highest BCUT2D eigenvalue weighted by Gasteiger charge is 2.25. The number of para-hydroxylation sites is 1. The van der Waals surface area contributed by atoms with Crippen LogP contribution < -0.4 is 9.62 Å². The topological polar surface area (TPSA) is 95.8 Å². The van der Waals surface area contributed by atoms with Gasteiger partial charge in [0.2, 0.25) is 0 Å². The van der Waals surface area contributed by atoms with E-state index in [0.717, 1.165) is 38.5 Å². The fourth-order valence-electron chi connectivity index (χ4n) is 3.56. The Morgan fingerprint density at radius 2 is 1.83 bits per heavy atom. The summed E-state index contributed by atoms with van der Waals surface area (Å²) in [5.41, 5.74) is 0.680. The maximum absolute atomic E-state index is 12.7. The van der Waals surface area contributed by atoms with E-state index in [0.29, 0.717) is 24.5 Å². The molecule has 9 heteroatoms. The Labute approximate surface area is 171 Å². The number of hydrogen-bond acceptors (Lipinski definition) is 6. The molecule has 1 fully saturated rings. The minimum Gasteiger partial charge on any atom is -0.365 e. The van der Waals surface area contributed by atoms with Crippen molar-refractivity contribution in [2.45, 2.75) is 24.7 Å². The largest absolute Gasteiger partial charge is 0.365 e. The van der Waals surface area contributed by atoms with Crippen LogP contribution in [-0.4, -0.2) is 51.0 Å². The van der Waals surface area contributed by atoms with Crippen LogP contribution >= 0.6 is 0 Å². The number of sulfonamides is 1. The number of benzene rings is 2. The van der Waals surface area contributed by atoms with Gasteiger partial charge in [0, 0.05) is 31.4 Å². The van der Waals surface area contributed by atoms with E-state index in [1.54, 1.807) is 36.4 Å². The summed E-state index contributed by atoms with van der Waals surface area (Å²) in [6.07, 6.45) is 1.98. The molecule has 0 atom stereocenters. The predicted molar refractivity (Wildman–Crippen MR) is 114 cm³/mol. The van der Waals surface area contributed by atoms with Crippen molar-refractivity contribution in [1.29, 1.82) is 0 Å². The minimum atomic E-state index is -3.92. The molecule has 0 saturated carbocycles. The summed E-state index contributed by atoms with van der Waals surface area (Å²) >= 11 is 0. The van der Waals surface area contributed by atoms with E-state index in [1.165, 1.54) is 6.07 Å². The quantitative estimate of drug-likeness (QED) is 0.547. The summed E-state index contributed by atoms with van der Waals surface area (Å²) in [4.78, 5) is 15.4. The molecule has 1 saturated heterocycles. The molecule has 0 unspecified atom stereocenters. The zero-order valence-corrected chi connectivity index (χ0v) is 17.3. The number of hydrogen-bond donors (Lipinski definition) is 1. The Morgan fingerprint density at radius 3 is 2.52 bits per heavy atom. The van der Waals surface area contributed by atoms with Gasteiger partial charge >= 0.3 is 0 Å². The van der Waals surface area contributed by atoms with Crippen LogP contribution in [0.3, 0.4) is 0 Å². The lowest BCUT2D eigenvalue weighted by molar-refractivity contribution is -0.384.